The molecule has 0 amide bonds. The number of nitrogens with one attached hydrogen (secondary N) is 1. The second-order valence-electron chi connectivity index (χ2n) is 6.75. The Kier molecular flexibility index (Phi) is 4.31. The molecule has 0 saturated heterocycles. The lowest BCUT2D eigenvalue weighted by Gasteiger charge is -2.23. The molecule has 6 nitrogen and oxygen atoms in total. The number of nitrogens with zero attached hydrogens (tertiary/aromatic N) is 3. The van der Waals surface area contributed by atoms with Gasteiger partial charge in [-0.25, -0.2) is 8.42 Å². The van der Waals surface area contributed by atoms with Crippen molar-refractivity contribution in [1.29, 1.82) is 0 Å². The number of fused-ring (bicyclic) bond motifs is 1. The Morgan fingerprint density at radius 3 is 2.44 bits per heavy atom. The topological polar surface area (TPSA) is 75.2 Å². The second-order valence-corrected chi connectivity index (χ2v) is 8.43. The third-order valence-electron chi connectivity index (χ3n) is 4.67. The minimum atomic E-state index is -3.69. The van der Waals surface area contributed by atoms with Crippen LogP contribution in [0.3, 0.4) is 0 Å². The van der Waals surface area contributed by atoms with E-state index in [1.807, 2.05) is 19.1 Å². The molecule has 0 bridgehead atoms. The summed E-state index contributed by atoms with van der Waals surface area (Å²) in [7, 11) is -3.69. The van der Waals surface area contributed by atoms with Crippen LogP contribution in [0.1, 0.15) is 18.1 Å². The number of sulfonamides is 1. The van der Waals surface area contributed by atoms with Crippen molar-refractivity contribution in [3.63, 3.8) is 0 Å². The second kappa shape index (κ2) is 6.66. The first-order valence-electron chi connectivity index (χ1n) is 8.74. The molecule has 4 rings (SSSR count). The molecule has 0 aliphatic carbocycles. The average Bonchev–Trinajstić information content (AvgIpc) is 2.98. The summed E-state index contributed by atoms with van der Waals surface area (Å²) in [4.78, 5) is 2.32. The highest BCUT2D eigenvalue weighted by atomic mass is 32.2. The van der Waals surface area contributed by atoms with E-state index in [4.69, 9.17) is 0 Å². The van der Waals surface area contributed by atoms with Gasteiger partial charge in [-0.1, -0.05) is 35.9 Å². The summed E-state index contributed by atoms with van der Waals surface area (Å²) in [5.74, 6) is 0.894. The lowest BCUT2D eigenvalue weighted by molar-refractivity contribution is 0.601. The molecular weight excluding hydrogens is 360 g/mol. The van der Waals surface area contributed by atoms with E-state index in [-0.39, 0.29) is 16.8 Å². The molecule has 0 saturated carbocycles. The first kappa shape index (κ1) is 17.5. The zero-order valence-electron chi connectivity index (χ0n) is 15.1. The molecule has 0 fully saturated rings. The highest BCUT2D eigenvalue weighted by Gasteiger charge is 2.28. The van der Waals surface area contributed by atoms with Crippen molar-refractivity contribution in [2.75, 3.05) is 9.62 Å². The molecule has 0 spiro atoms. The molecule has 138 valence electrons. The van der Waals surface area contributed by atoms with Crippen molar-refractivity contribution >= 4 is 27.3 Å². The van der Waals surface area contributed by atoms with Crippen LogP contribution in [0.25, 0.3) is 0 Å². The van der Waals surface area contributed by atoms with Gasteiger partial charge >= 0.3 is 0 Å². The maximum atomic E-state index is 12.5. The Hall–Kier alpha value is -2.93. The summed E-state index contributed by atoms with van der Waals surface area (Å²) in [6.45, 7) is 4.04. The van der Waals surface area contributed by atoms with Gasteiger partial charge in [-0.15, -0.1) is 10.2 Å². The van der Waals surface area contributed by atoms with Crippen LogP contribution in [-0.2, 0) is 16.4 Å². The molecule has 1 unspecified atom stereocenters. The van der Waals surface area contributed by atoms with Gasteiger partial charge in [0.05, 0.1) is 4.90 Å². The standard InChI is InChI=1S/C20H20N4O2S/c1-14-7-9-17(10-8-14)27(25,26)23-19-11-12-20(22-21-19)24-15(2)13-16-5-3-4-6-18(16)24/h3-12,15H,13H2,1-2H3,(H,21,23). The third-order valence-corrected chi connectivity index (χ3v) is 6.05. The van der Waals surface area contributed by atoms with E-state index < -0.39 is 10.0 Å². The lowest BCUT2D eigenvalue weighted by Crippen LogP contribution is -2.25. The van der Waals surface area contributed by atoms with Crippen molar-refractivity contribution in [1.82, 2.24) is 10.2 Å². The Bertz CT molecular complexity index is 1060. The number of aromatic nitrogens is 2. The van der Waals surface area contributed by atoms with Crippen molar-refractivity contribution in [3.8, 4) is 0 Å². The lowest BCUT2D eigenvalue weighted by atomic mass is 10.1. The molecule has 1 N–H and O–H groups in total. The van der Waals surface area contributed by atoms with E-state index in [1.165, 1.54) is 5.56 Å². The van der Waals surface area contributed by atoms with Crippen molar-refractivity contribution in [2.24, 2.45) is 0 Å². The first-order valence-corrected chi connectivity index (χ1v) is 10.2. The molecule has 27 heavy (non-hydrogen) atoms. The Balaban J connectivity index is 1.57. The summed E-state index contributed by atoms with van der Waals surface area (Å²) in [5, 5.41) is 8.33. The van der Waals surface area contributed by atoms with Crippen LogP contribution < -0.4 is 9.62 Å². The number of rotatable bonds is 4. The van der Waals surface area contributed by atoms with Crippen LogP contribution in [-0.4, -0.2) is 24.7 Å². The predicted octanol–water partition coefficient (Wildman–Crippen LogP) is 3.67. The Morgan fingerprint density at radius 2 is 1.74 bits per heavy atom. The number of anilines is 3. The van der Waals surface area contributed by atoms with E-state index in [0.29, 0.717) is 5.82 Å². The number of hydrogen-bond donors (Lipinski definition) is 1. The van der Waals surface area contributed by atoms with Gasteiger partial charge in [-0.2, -0.15) is 0 Å². The quantitative estimate of drug-likeness (QED) is 0.747. The van der Waals surface area contributed by atoms with Gasteiger partial charge in [0.2, 0.25) is 0 Å². The largest absolute Gasteiger partial charge is 0.321 e. The van der Waals surface area contributed by atoms with E-state index in [9.17, 15) is 8.42 Å². The van der Waals surface area contributed by atoms with Crippen molar-refractivity contribution in [3.05, 3.63) is 71.8 Å². The first-order chi connectivity index (χ1) is 12.9. The molecule has 1 aromatic heterocycles. The summed E-state index contributed by atoms with van der Waals surface area (Å²) >= 11 is 0. The third kappa shape index (κ3) is 3.38. The summed E-state index contributed by atoms with van der Waals surface area (Å²) in [5.41, 5.74) is 3.39. The minimum Gasteiger partial charge on any atom is -0.321 e. The smallest absolute Gasteiger partial charge is 0.263 e. The number of hydrogen-bond acceptors (Lipinski definition) is 5. The van der Waals surface area contributed by atoms with E-state index in [2.05, 4.69) is 38.9 Å². The normalized spacial score (nSPS) is 16.2. The summed E-state index contributed by atoms with van der Waals surface area (Å²) in [6, 6.07) is 18.6. The maximum Gasteiger partial charge on any atom is 0.263 e. The Labute approximate surface area is 158 Å². The highest BCUT2D eigenvalue weighted by molar-refractivity contribution is 7.92. The summed E-state index contributed by atoms with van der Waals surface area (Å²) in [6.07, 6.45) is 0.944. The average molecular weight is 380 g/mol. The van der Waals surface area contributed by atoms with Gasteiger partial charge in [0.15, 0.2) is 11.6 Å². The number of para-hydroxylation sites is 1. The SMILES string of the molecule is Cc1ccc(S(=O)(=O)Nc2ccc(N3c4ccccc4CC3C)nn2)cc1. The van der Waals surface area contributed by atoms with E-state index in [1.54, 1.807) is 36.4 Å². The fourth-order valence-corrected chi connectivity index (χ4v) is 4.33. The monoisotopic (exact) mass is 380 g/mol. The molecule has 1 aliphatic heterocycles. The number of benzene rings is 2. The van der Waals surface area contributed by atoms with E-state index >= 15 is 0 Å². The molecule has 2 aromatic carbocycles. The van der Waals surface area contributed by atoms with Gasteiger partial charge in [0.25, 0.3) is 10.0 Å². The summed E-state index contributed by atoms with van der Waals surface area (Å²) < 4.78 is 27.4. The molecular formula is C20H20N4O2S. The van der Waals surface area contributed by atoms with Crippen LogP contribution in [0.5, 0.6) is 0 Å². The minimum absolute atomic E-state index is 0.194. The fraction of sp³-hybridized carbons (Fsp3) is 0.200. The molecule has 7 heteroatoms. The van der Waals surface area contributed by atoms with Crippen LogP contribution >= 0.6 is 0 Å². The van der Waals surface area contributed by atoms with Crippen molar-refractivity contribution < 1.29 is 8.42 Å². The van der Waals surface area contributed by atoms with Gasteiger partial charge in [-0.3, -0.25) is 4.72 Å². The molecule has 1 aliphatic rings. The fourth-order valence-electron chi connectivity index (χ4n) is 3.34. The molecule has 1 atom stereocenters. The van der Waals surface area contributed by atoms with Gasteiger partial charge in [0.1, 0.15) is 0 Å². The highest BCUT2D eigenvalue weighted by Crippen LogP contribution is 2.36. The van der Waals surface area contributed by atoms with Crippen LogP contribution in [0, 0.1) is 6.92 Å². The van der Waals surface area contributed by atoms with Crippen molar-refractivity contribution in [2.45, 2.75) is 31.2 Å². The number of aryl methyl sites for hydroxylation is 1. The van der Waals surface area contributed by atoms with Crippen LogP contribution in [0.4, 0.5) is 17.3 Å². The molecule has 2 heterocycles. The Morgan fingerprint density at radius 1 is 1.00 bits per heavy atom. The molecule has 0 radical (unpaired) electrons. The molecule has 3 aromatic rings. The zero-order chi connectivity index (χ0) is 19.0. The van der Waals surface area contributed by atoms with E-state index in [0.717, 1.165) is 17.7 Å². The van der Waals surface area contributed by atoms with Gasteiger partial charge in [0, 0.05) is 11.7 Å². The van der Waals surface area contributed by atoms with Crippen LogP contribution in [0.2, 0.25) is 0 Å². The van der Waals surface area contributed by atoms with Crippen LogP contribution in [0.15, 0.2) is 65.6 Å². The van der Waals surface area contributed by atoms with Gasteiger partial charge in [-0.05, 0) is 56.2 Å². The predicted molar refractivity (Wildman–Crippen MR) is 106 cm³/mol. The van der Waals surface area contributed by atoms with Gasteiger partial charge < -0.3 is 4.90 Å². The maximum absolute atomic E-state index is 12.5. The zero-order valence-corrected chi connectivity index (χ0v) is 15.9.